The van der Waals surface area contributed by atoms with E-state index in [9.17, 15) is 5.11 Å². The SMILES string of the molecule is C[C@@H]1OC(CO)[C@H](Cl)[C@H]1O. The van der Waals surface area contributed by atoms with Gasteiger partial charge in [0.2, 0.25) is 0 Å². The quantitative estimate of drug-likeness (QED) is 0.528. The fraction of sp³-hybridized carbons (Fsp3) is 1.00. The molecule has 0 aromatic carbocycles. The largest absolute Gasteiger partial charge is 0.394 e. The van der Waals surface area contributed by atoms with Crippen molar-refractivity contribution in [2.75, 3.05) is 6.61 Å². The summed E-state index contributed by atoms with van der Waals surface area (Å²) < 4.78 is 5.10. The summed E-state index contributed by atoms with van der Waals surface area (Å²) in [6.45, 7) is 1.60. The summed E-state index contributed by atoms with van der Waals surface area (Å²) in [4.78, 5) is 0. The van der Waals surface area contributed by atoms with Crippen LogP contribution < -0.4 is 0 Å². The average Bonchev–Trinajstić information content (AvgIpc) is 2.17. The molecule has 0 bridgehead atoms. The van der Waals surface area contributed by atoms with Gasteiger partial charge < -0.3 is 14.9 Å². The molecule has 1 fully saturated rings. The van der Waals surface area contributed by atoms with E-state index < -0.39 is 17.6 Å². The molecule has 3 nitrogen and oxygen atoms in total. The van der Waals surface area contributed by atoms with Gasteiger partial charge in [0.05, 0.1) is 30.3 Å². The number of alkyl halides is 1. The molecule has 2 N–H and O–H groups in total. The van der Waals surface area contributed by atoms with Crippen molar-refractivity contribution in [1.29, 1.82) is 0 Å². The molecule has 1 aliphatic rings. The first kappa shape index (κ1) is 8.27. The smallest absolute Gasteiger partial charge is 0.1000 e. The van der Waals surface area contributed by atoms with Gasteiger partial charge in [-0.25, -0.2) is 0 Å². The van der Waals surface area contributed by atoms with Crippen molar-refractivity contribution in [1.82, 2.24) is 0 Å². The molecule has 1 aliphatic heterocycles. The normalized spacial score (nSPS) is 48.0. The first-order chi connectivity index (χ1) is 4.66. The van der Waals surface area contributed by atoms with Gasteiger partial charge in [-0.15, -0.1) is 11.6 Å². The molecule has 0 aromatic rings. The lowest BCUT2D eigenvalue weighted by atomic mass is 10.1. The second-order valence-corrected chi connectivity index (χ2v) is 3.00. The van der Waals surface area contributed by atoms with Crippen LogP contribution in [-0.4, -0.2) is 40.5 Å². The minimum Gasteiger partial charge on any atom is -0.394 e. The Hall–Kier alpha value is 0.170. The molecule has 0 radical (unpaired) electrons. The minimum atomic E-state index is -0.654. The van der Waals surface area contributed by atoms with Crippen LogP contribution in [-0.2, 0) is 4.74 Å². The molecule has 60 valence electrons. The third kappa shape index (κ3) is 1.27. The van der Waals surface area contributed by atoms with Gasteiger partial charge in [-0.3, -0.25) is 0 Å². The number of rotatable bonds is 1. The molecular formula is C6H11ClO3. The number of aliphatic hydroxyl groups is 2. The van der Waals surface area contributed by atoms with Gasteiger partial charge in [0.1, 0.15) is 0 Å². The number of hydrogen-bond donors (Lipinski definition) is 2. The molecular weight excluding hydrogens is 156 g/mol. The molecule has 10 heavy (non-hydrogen) atoms. The van der Waals surface area contributed by atoms with Crippen LogP contribution in [0.4, 0.5) is 0 Å². The highest BCUT2D eigenvalue weighted by molar-refractivity contribution is 6.21. The predicted octanol–water partition coefficient (Wildman–Crippen LogP) is -0.266. The molecule has 0 aliphatic carbocycles. The maximum absolute atomic E-state index is 9.20. The van der Waals surface area contributed by atoms with E-state index in [1.807, 2.05) is 0 Å². The highest BCUT2D eigenvalue weighted by atomic mass is 35.5. The molecule has 1 rings (SSSR count). The Balaban J connectivity index is 2.53. The van der Waals surface area contributed by atoms with E-state index in [1.165, 1.54) is 0 Å². The van der Waals surface area contributed by atoms with Gasteiger partial charge in [-0.1, -0.05) is 0 Å². The van der Waals surface area contributed by atoms with Crippen LogP contribution in [0.25, 0.3) is 0 Å². The van der Waals surface area contributed by atoms with Gasteiger partial charge >= 0.3 is 0 Å². The summed E-state index contributed by atoms with van der Waals surface area (Å²) in [5, 5.41) is 17.4. The van der Waals surface area contributed by atoms with Crippen LogP contribution >= 0.6 is 11.6 Å². The van der Waals surface area contributed by atoms with Crippen molar-refractivity contribution in [3.05, 3.63) is 0 Å². The standard InChI is InChI=1S/C6H11ClO3/c1-3-6(9)5(7)4(2-8)10-3/h3-6,8-9H,2H2,1H3/t3-,4?,5-,6-/m0/s1. The van der Waals surface area contributed by atoms with Crippen LogP contribution in [0.1, 0.15) is 6.92 Å². The van der Waals surface area contributed by atoms with E-state index in [-0.39, 0.29) is 12.7 Å². The lowest BCUT2D eigenvalue weighted by molar-refractivity contribution is 0.000758. The Morgan fingerprint density at radius 2 is 2.20 bits per heavy atom. The van der Waals surface area contributed by atoms with E-state index >= 15 is 0 Å². The van der Waals surface area contributed by atoms with Crippen LogP contribution in [0.5, 0.6) is 0 Å². The van der Waals surface area contributed by atoms with Crippen molar-refractivity contribution in [2.45, 2.75) is 30.6 Å². The predicted molar refractivity (Wildman–Crippen MR) is 37.1 cm³/mol. The molecule has 0 spiro atoms. The maximum Gasteiger partial charge on any atom is 0.1000 e. The second-order valence-electron chi connectivity index (χ2n) is 2.50. The van der Waals surface area contributed by atoms with E-state index in [0.29, 0.717) is 0 Å². The zero-order valence-corrected chi connectivity index (χ0v) is 6.45. The Bertz CT molecular complexity index is 120. The Morgan fingerprint density at radius 3 is 2.40 bits per heavy atom. The molecule has 0 saturated carbocycles. The topological polar surface area (TPSA) is 49.7 Å². The van der Waals surface area contributed by atoms with Gasteiger partial charge in [-0.2, -0.15) is 0 Å². The highest BCUT2D eigenvalue weighted by Gasteiger charge is 2.39. The van der Waals surface area contributed by atoms with E-state index in [1.54, 1.807) is 6.92 Å². The van der Waals surface area contributed by atoms with Gasteiger partial charge in [0.15, 0.2) is 0 Å². The van der Waals surface area contributed by atoms with Crippen LogP contribution in [0.15, 0.2) is 0 Å². The molecule has 1 unspecified atom stereocenters. The first-order valence-electron chi connectivity index (χ1n) is 3.25. The number of aliphatic hydroxyl groups excluding tert-OH is 2. The Morgan fingerprint density at radius 1 is 1.60 bits per heavy atom. The Labute approximate surface area is 64.6 Å². The van der Waals surface area contributed by atoms with Crippen LogP contribution in [0, 0.1) is 0 Å². The summed E-state index contributed by atoms with van der Waals surface area (Å²) in [7, 11) is 0. The van der Waals surface area contributed by atoms with E-state index in [0.717, 1.165) is 0 Å². The van der Waals surface area contributed by atoms with Crippen LogP contribution in [0.3, 0.4) is 0 Å². The number of hydrogen-bond acceptors (Lipinski definition) is 3. The molecule has 1 heterocycles. The fourth-order valence-electron chi connectivity index (χ4n) is 1.05. The third-order valence-electron chi connectivity index (χ3n) is 1.73. The molecule has 4 atom stereocenters. The Kier molecular flexibility index (Phi) is 2.52. The first-order valence-corrected chi connectivity index (χ1v) is 3.69. The van der Waals surface area contributed by atoms with Gasteiger partial charge in [0, 0.05) is 0 Å². The molecule has 0 aromatic heterocycles. The number of ether oxygens (including phenoxy) is 1. The van der Waals surface area contributed by atoms with Gasteiger partial charge in [-0.05, 0) is 6.92 Å². The summed E-state index contributed by atoms with van der Waals surface area (Å²) in [5.74, 6) is 0. The van der Waals surface area contributed by atoms with Crippen LogP contribution in [0.2, 0.25) is 0 Å². The van der Waals surface area contributed by atoms with Crippen molar-refractivity contribution in [3.8, 4) is 0 Å². The molecule has 1 saturated heterocycles. The third-order valence-corrected chi connectivity index (χ3v) is 2.27. The zero-order valence-electron chi connectivity index (χ0n) is 5.70. The lowest BCUT2D eigenvalue weighted by Crippen LogP contribution is -2.28. The van der Waals surface area contributed by atoms with Crippen molar-refractivity contribution in [2.24, 2.45) is 0 Å². The molecule has 4 heteroatoms. The fourth-order valence-corrected chi connectivity index (χ4v) is 1.40. The van der Waals surface area contributed by atoms with Gasteiger partial charge in [0.25, 0.3) is 0 Å². The average molecular weight is 167 g/mol. The van der Waals surface area contributed by atoms with E-state index in [2.05, 4.69) is 0 Å². The second kappa shape index (κ2) is 3.05. The monoisotopic (exact) mass is 166 g/mol. The maximum atomic E-state index is 9.20. The zero-order chi connectivity index (χ0) is 7.72. The minimum absolute atomic E-state index is 0.129. The van der Waals surface area contributed by atoms with Crippen molar-refractivity contribution in [3.63, 3.8) is 0 Å². The number of halogens is 1. The summed E-state index contributed by atoms with van der Waals surface area (Å²) in [6.07, 6.45) is -1.33. The van der Waals surface area contributed by atoms with Crippen molar-refractivity contribution < 1.29 is 14.9 Å². The lowest BCUT2D eigenvalue weighted by Gasteiger charge is -2.08. The summed E-state index contributed by atoms with van der Waals surface area (Å²) >= 11 is 5.69. The van der Waals surface area contributed by atoms with Crippen molar-refractivity contribution >= 4 is 11.6 Å². The highest BCUT2D eigenvalue weighted by Crippen LogP contribution is 2.24. The summed E-state index contributed by atoms with van der Waals surface area (Å²) in [5.41, 5.74) is 0. The summed E-state index contributed by atoms with van der Waals surface area (Å²) in [6, 6.07) is 0. The van der Waals surface area contributed by atoms with E-state index in [4.69, 9.17) is 21.4 Å². The molecule has 0 amide bonds.